The number of halogens is 1. The van der Waals surface area contributed by atoms with Gasteiger partial charge in [0.2, 0.25) is 0 Å². The van der Waals surface area contributed by atoms with Gasteiger partial charge in [0.1, 0.15) is 18.1 Å². The van der Waals surface area contributed by atoms with Gasteiger partial charge in [-0.05, 0) is 36.2 Å². The molecule has 1 fully saturated rings. The zero-order chi connectivity index (χ0) is 21.0. The van der Waals surface area contributed by atoms with Gasteiger partial charge < -0.3 is 14.7 Å². The molecule has 0 aromatic heterocycles. The molecule has 0 radical (unpaired) electrons. The fourth-order valence-electron chi connectivity index (χ4n) is 3.42. The van der Waals surface area contributed by atoms with Crippen molar-refractivity contribution in [1.82, 2.24) is 4.90 Å². The summed E-state index contributed by atoms with van der Waals surface area (Å²) >= 11 is 6.04. The van der Waals surface area contributed by atoms with Gasteiger partial charge in [-0.3, -0.25) is 9.59 Å². The smallest absolute Gasteiger partial charge is 0.295 e. The standard InChI is InChI=1S/C23H22ClNO4/c1-3-11-25-20(15-7-6-10-18(14-15)29-12-4-2)19(22(27)23(25)28)21(26)16-8-5-9-17(24)13-16/h4-10,13-14,20,26H,2-3,11-12H2,1H3/b21-19-. The topological polar surface area (TPSA) is 66.8 Å². The molecule has 1 unspecified atom stereocenters. The zero-order valence-electron chi connectivity index (χ0n) is 16.1. The molecule has 0 bridgehead atoms. The number of likely N-dealkylation sites (tertiary alicyclic amines) is 1. The van der Waals surface area contributed by atoms with Crippen LogP contribution in [-0.2, 0) is 9.59 Å². The van der Waals surface area contributed by atoms with E-state index in [1.807, 2.05) is 13.0 Å². The minimum atomic E-state index is -0.710. The minimum Gasteiger partial charge on any atom is -0.507 e. The van der Waals surface area contributed by atoms with Crippen LogP contribution in [0.3, 0.4) is 0 Å². The normalized spacial score (nSPS) is 18.1. The first-order chi connectivity index (χ1) is 14.0. The number of ether oxygens (including phenoxy) is 1. The van der Waals surface area contributed by atoms with Crippen LogP contribution >= 0.6 is 11.6 Å². The van der Waals surface area contributed by atoms with Crippen molar-refractivity contribution in [3.63, 3.8) is 0 Å². The molecule has 6 heteroatoms. The molecule has 1 aliphatic heterocycles. The number of ketones is 1. The van der Waals surface area contributed by atoms with Crippen molar-refractivity contribution in [2.24, 2.45) is 0 Å². The van der Waals surface area contributed by atoms with Crippen LogP contribution in [0.25, 0.3) is 5.76 Å². The van der Waals surface area contributed by atoms with Crippen molar-refractivity contribution in [1.29, 1.82) is 0 Å². The van der Waals surface area contributed by atoms with Crippen molar-refractivity contribution in [2.45, 2.75) is 19.4 Å². The third kappa shape index (κ3) is 4.20. The number of Topliss-reactive ketones (excluding diaryl/α,β-unsaturated/α-hetero) is 1. The van der Waals surface area contributed by atoms with E-state index >= 15 is 0 Å². The highest BCUT2D eigenvalue weighted by Crippen LogP contribution is 2.40. The number of nitrogens with zero attached hydrogens (tertiary/aromatic N) is 1. The fourth-order valence-corrected chi connectivity index (χ4v) is 3.61. The molecule has 2 aromatic rings. The fraction of sp³-hybridized carbons (Fsp3) is 0.217. The summed E-state index contributed by atoms with van der Waals surface area (Å²) in [6.07, 6.45) is 2.31. The second-order valence-corrected chi connectivity index (χ2v) is 7.11. The highest BCUT2D eigenvalue weighted by atomic mass is 35.5. The SMILES string of the molecule is C=CCOc1cccc(C2/C(=C(/O)c3cccc(Cl)c3)C(=O)C(=O)N2CCC)c1. The number of benzene rings is 2. The number of rotatable bonds is 7. The van der Waals surface area contributed by atoms with Gasteiger partial charge in [-0.25, -0.2) is 0 Å². The van der Waals surface area contributed by atoms with Crippen molar-refractivity contribution < 1.29 is 19.4 Å². The maximum Gasteiger partial charge on any atom is 0.295 e. The summed E-state index contributed by atoms with van der Waals surface area (Å²) in [6.45, 7) is 6.28. The Morgan fingerprint density at radius 1 is 1.24 bits per heavy atom. The molecular formula is C23H22ClNO4. The van der Waals surface area contributed by atoms with E-state index in [9.17, 15) is 14.7 Å². The highest BCUT2D eigenvalue weighted by molar-refractivity contribution is 6.46. The number of hydrogen-bond acceptors (Lipinski definition) is 4. The van der Waals surface area contributed by atoms with Gasteiger partial charge in [0.15, 0.2) is 0 Å². The first-order valence-corrected chi connectivity index (χ1v) is 9.73. The summed E-state index contributed by atoms with van der Waals surface area (Å²) in [5.74, 6) is -0.990. The van der Waals surface area contributed by atoms with E-state index in [0.717, 1.165) is 0 Å². The average molecular weight is 412 g/mol. The summed E-state index contributed by atoms with van der Waals surface area (Å²) in [6, 6.07) is 13.0. The Labute approximate surface area is 174 Å². The van der Waals surface area contributed by atoms with E-state index in [2.05, 4.69) is 6.58 Å². The van der Waals surface area contributed by atoms with Crippen LogP contribution in [0.4, 0.5) is 0 Å². The van der Waals surface area contributed by atoms with E-state index in [1.54, 1.807) is 48.5 Å². The molecule has 1 amide bonds. The second kappa shape index (κ2) is 8.97. The van der Waals surface area contributed by atoms with Gasteiger partial charge in [0, 0.05) is 17.1 Å². The summed E-state index contributed by atoms with van der Waals surface area (Å²) in [7, 11) is 0. The third-order valence-corrected chi connectivity index (χ3v) is 4.88. The van der Waals surface area contributed by atoms with Crippen LogP contribution in [0.15, 0.2) is 66.8 Å². The first-order valence-electron chi connectivity index (χ1n) is 9.36. The van der Waals surface area contributed by atoms with Gasteiger partial charge in [-0.15, -0.1) is 0 Å². The molecular weight excluding hydrogens is 390 g/mol. The van der Waals surface area contributed by atoms with E-state index in [-0.39, 0.29) is 11.3 Å². The maximum atomic E-state index is 12.8. The maximum absolute atomic E-state index is 12.8. The highest BCUT2D eigenvalue weighted by Gasteiger charge is 2.45. The van der Waals surface area contributed by atoms with E-state index < -0.39 is 17.7 Å². The van der Waals surface area contributed by atoms with Gasteiger partial charge in [0.25, 0.3) is 11.7 Å². The quantitative estimate of drug-likeness (QED) is 0.309. The Morgan fingerprint density at radius 2 is 2.00 bits per heavy atom. The third-order valence-electron chi connectivity index (χ3n) is 4.64. The first kappa shape index (κ1) is 20.7. The molecule has 1 saturated heterocycles. The van der Waals surface area contributed by atoms with Crippen LogP contribution in [0, 0.1) is 0 Å². The molecule has 0 aliphatic carbocycles. The molecule has 3 rings (SSSR count). The van der Waals surface area contributed by atoms with Crippen molar-refractivity contribution in [2.75, 3.05) is 13.2 Å². The number of aliphatic hydroxyl groups excluding tert-OH is 1. The molecule has 0 spiro atoms. The Kier molecular flexibility index (Phi) is 6.39. The Balaban J connectivity index is 2.15. The van der Waals surface area contributed by atoms with Gasteiger partial charge in [0.05, 0.1) is 11.6 Å². The van der Waals surface area contributed by atoms with Crippen molar-refractivity contribution in [3.8, 4) is 5.75 Å². The van der Waals surface area contributed by atoms with Crippen LogP contribution in [0.1, 0.15) is 30.5 Å². The molecule has 2 aromatic carbocycles. The molecule has 29 heavy (non-hydrogen) atoms. The monoisotopic (exact) mass is 411 g/mol. The molecule has 150 valence electrons. The van der Waals surface area contributed by atoms with E-state index in [0.29, 0.717) is 41.5 Å². The zero-order valence-corrected chi connectivity index (χ0v) is 16.9. The summed E-state index contributed by atoms with van der Waals surface area (Å²) in [5, 5.41) is 11.4. The Bertz CT molecular complexity index is 982. The van der Waals surface area contributed by atoms with Crippen LogP contribution < -0.4 is 4.74 Å². The molecule has 1 aliphatic rings. The summed E-state index contributed by atoms with van der Waals surface area (Å²) in [5.41, 5.74) is 1.12. The molecule has 1 heterocycles. The number of aliphatic hydroxyl groups is 1. The number of carbonyl (C=O) groups excluding carboxylic acids is 2. The van der Waals surface area contributed by atoms with E-state index in [4.69, 9.17) is 16.3 Å². The summed E-state index contributed by atoms with van der Waals surface area (Å²) < 4.78 is 5.60. The molecule has 5 nitrogen and oxygen atoms in total. The lowest BCUT2D eigenvalue weighted by Crippen LogP contribution is -2.30. The second-order valence-electron chi connectivity index (χ2n) is 6.68. The van der Waals surface area contributed by atoms with Crippen LogP contribution in [-0.4, -0.2) is 34.8 Å². The average Bonchev–Trinajstić information content (AvgIpc) is 2.97. The lowest BCUT2D eigenvalue weighted by atomic mass is 9.95. The Hall–Kier alpha value is -3.05. The summed E-state index contributed by atoms with van der Waals surface area (Å²) in [4.78, 5) is 27.0. The van der Waals surface area contributed by atoms with Crippen molar-refractivity contribution in [3.05, 3.63) is 82.9 Å². The van der Waals surface area contributed by atoms with Crippen LogP contribution in [0.5, 0.6) is 5.75 Å². The van der Waals surface area contributed by atoms with Crippen LogP contribution in [0.2, 0.25) is 5.02 Å². The predicted molar refractivity (Wildman–Crippen MR) is 113 cm³/mol. The van der Waals surface area contributed by atoms with E-state index in [1.165, 1.54) is 4.90 Å². The van der Waals surface area contributed by atoms with Gasteiger partial charge in [-0.2, -0.15) is 0 Å². The molecule has 1 atom stereocenters. The largest absolute Gasteiger partial charge is 0.507 e. The number of hydrogen-bond donors (Lipinski definition) is 1. The van der Waals surface area contributed by atoms with Gasteiger partial charge in [-0.1, -0.05) is 55.4 Å². The molecule has 0 saturated carbocycles. The number of amides is 1. The van der Waals surface area contributed by atoms with Crippen molar-refractivity contribution >= 4 is 29.1 Å². The lowest BCUT2D eigenvalue weighted by molar-refractivity contribution is -0.139. The predicted octanol–water partition coefficient (Wildman–Crippen LogP) is 4.74. The Morgan fingerprint density at radius 3 is 2.69 bits per heavy atom. The minimum absolute atomic E-state index is 0.0478. The lowest BCUT2D eigenvalue weighted by Gasteiger charge is -2.25. The number of carbonyl (C=O) groups is 2. The van der Waals surface area contributed by atoms with Gasteiger partial charge >= 0.3 is 0 Å². The molecule has 1 N–H and O–H groups in total.